The first-order valence-electron chi connectivity index (χ1n) is 13.9. The zero-order valence-corrected chi connectivity index (χ0v) is 26.7. The molecule has 6 aromatic carbocycles. The Bertz CT molecular complexity index is 1500. The van der Waals surface area contributed by atoms with Crippen molar-refractivity contribution in [2.75, 3.05) is 0 Å². The van der Waals surface area contributed by atoms with Crippen molar-refractivity contribution in [3.8, 4) is 0 Å². The van der Waals surface area contributed by atoms with Crippen LogP contribution in [0, 0.1) is 0 Å². The Hall–Kier alpha value is -4.19. The Morgan fingerprint density at radius 1 is 0.302 bits per heavy atom. The monoisotopic (exact) mass is 636 g/mol. The summed E-state index contributed by atoms with van der Waals surface area (Å²) >= 11 is -5.25. The van der Waals surface area contributed by atoms with Crippen molar-refractivity contribution in [2.24, 2.45) is 0 Å². The van der Waals surface area contributed by atoms with Gasteiger partial charge in [-0.2, -0.15) is 0 Å². The predicted octanol–water partition coefficient (Wildman–Crippen LogP) is 3.05. The molecule has 0 amide bonds. The van der Waals surface area contributed by atoms with E-state index >= 15 is 0 Å². The average molecular weight is 637 g/mol. The fourth-order valence-electron chi connectivity index (χ4n) is 6.43. The van der Waals surface area contributed by atoms with Crippen molar-refractivity contribution in [3.05, 3.63) is 182 Å². The summed E-state index contributed by atoms with van der Waals surface area (Å²) in [5.41, 5.74) is 0. The Morgan fingerprint density at radius 2 is 0.419 bits per heavy atom. The Morgan fingerprint density at radius 3 is 0.535 bits per heavy atom. The SMILES string of the molecule is [O]=[Cr](=[O])([OH])[OH].c1ccc([Si](c2ccccc2)(c2ccccc2)[Si](c2ccccc2)(c2ccccc2)c2ccccc2)cc1. The Balaban J connectivity index is 0.000000682. The van der Waals surface area contributed by atoms with E-state index in [2.05, 4.69) is 182 Å². The van der Waals surface area contributed by atoms with Crippen molar-refractivity contribution in [3.63, 3.8) is 0 Å². The van der Waals surface area contributed by atoms with Gasteiger partial charge >= 0.3 is 29.5 Å². The second kappa shape index (κ2) is 13.4. The van der Waals surface area contributed by atoms with Crippen LogP contribution in [0.25, 0.3) is 0 Å². The molecule has 0 unspecified atom stereocenters. The fraction of sp³-hybridized carbons (Fsp3) is 0. The molecule has 0 saturated heterocycles. The predicted molar refractivity (Wildman–Crippen MR) is 174 cm³/mol. The van der Waals surface area contributed by atoms with Crippen molar-refractivity contribution in [1.29, 1.82) is 0 Å². The van der Waals surface area contributed by atoms with Crippen LogP contribution in [-0.4, -0.2) is 23.5 Å². The van der Waals surface area contributed by atoms with Crippen LogP contribution in [0.4, 0.5) is 0 Å². The van der Waals surface area contributed by atoms with Gasteiger partial charge in [-0.1, -0.05) is 213 Å². The van der Waals surface area contributed by atoms with Gasteiger partial charge in [0.2, 0.25) is 0 Å². The molecule has 0 spiro atoms. The summed E-state index contributed by atoms with van der Waals surface area (Å²) in [6.45, 7) is 0. The van der Waals surface area contributed by atoms with Crippen LogP contribution in [0.15, 0.2) is 182 Å². The molecule has 214 valence electrons. The van der Waals surface area contributed by atoms with Gasteiger partial charge in [0.15, 0.2) is 15.2 Å². The largest absolute Gasteiger partial charge is 0.154 e. The molecular formula is C36H32CrO4Si2. The summed E-state index contributed by atoms with van der Waals surface area (Å²) in [5, 5.41) is 8.67. The molecule has 0 aliphatic rings. The van der Waals surface area contributed by atoms with Gasteiger partial charge in [-0.25, -0.2) is 0 Å². The molecule has 0 fully saturated rings. The topological polar surface area (TPSA) is 74.6 Å². The van der Waals surface area contributed by atoms with E-state index in [1.54, 1.807) is 0 Å². The zero-order valence-electron chi connectivity index (χ0n) is 23.4. The quantitative estimate of drug-likeness (QED) is 0.209. The molecule has 0 aromatic heterocycles. The molecule has 0 heterocycles. The van der Waals surface area contributed by atoms with E-state index in [0.717, 1.165) is 0 Å². The Kier molecular flexibility index (Phi) is 9.44. The maximum Gasteiger partial charge on any atom is 0.154 e. The second-order valence-electron chi connectivity index (χ2n) is 10.1. The van der Waals surface area contributed by atoms with Gasteiger partial charge in [0.05, 0.1) is 0 Å². The van der Waals surface area contributed by atoms with Crippen LogP contribution in [0.5, 0.6) is 0 Å². The molecular weight excluding hydrogens is 605 g/mol. The van der Waals surface area contributed by atoms with Gasteiger partial charge in [-0.3, -0.25) is 0 Å². The minimum atomic E-state index is -5.25. The molecule has 6 aromatic rings. The molecule has 0 atom stereocenters. The van der Waals surface area contributed by atoms with Crippen LogP contribution in [0.1, 0.15) is 0 Å². The molecule has 0 bridgehead atoms. The van der Waals surface area contributed by atoms with Crippen molar-refractivity contribution < 1.29 is 29.5 Å². The molecule has 0 aliphatic heterocycles. The average Bonchev–Trinajstić information content (AvgIpc) is 3.05. The van der Waals surface area contributed by atoms with Crippen LogP contribution in [0.3, 0.4) is 0 Å². The zero-order chi connectivity index (χ0) is 30.2. The first-order valence-corrected chi connectivity index (χ1v) is 21.1. The van der Waals surface area contributed by atoms with E-state index in [9.17, 15) is 0 Å². The molecule has 6 rings (SSSR count). The van der Waals surface area contributed by atoms with Crippen LogP contribution in [-0.2, 0) is 21.2 Å². The third-order valence-corrected chi connectivity index (χ3v) is 24.7. The summed E-state index contributed by atoms with van der Waals surface area (Å²) in [4.78, 5) is 0. The standard InChI is InChI=1S/C36H30Si2.Cr.2H2O.2O/c1-7-19-31(20-8-1)37(32-21-9-2-10-22-32,33-23-11-3-12-24-33)38(34-25-13-4-14-26-34,35-27-15-5-16-28-35)36-29-17-6-18-30-36;;;;;/h1-30H;;2*1H2;;/q;+2;;;;/p-2. The number of hydrogen-bond donors (Lipinski definition) is 2. The minimum absolute atomic E-state index is 1.45. The van der Waals surface area contributed by atoms with Gasteiger partial charge in [-0.05, 0) is 0 Å². The van der Waals surface area contributed by atoms with Gasteiger partial charge in [0, 0.05) is 0 Å². The summed E-state index contributed by atoms with van der Waals surface area (Å²) in [7, 11) is -5.57. The van der Waals surface area contributed by atoms with Crippen molar-refractivity contribution in [1.82, 2.24) is 0 Å². The van der Waals surface area contributed by atoms with Gasteiger partial charge in [0.25, 0.3) is 0 Å². The summed E-state index contributed by atoms with van der Waals surface area (Å²) in [5.74, 6) is 0. The van der Waals surface area contributed by atoms with Crippen molar-refractivity contribution >= 4 is 46.3 Å². The van der Waals surface area contributed by atoms with Crippen LogP contribution < -0.4 is 31.1 Å². The van der Waals surface area contributed by atoms with E-state index in [0.29, 0.717) is 0 Å². The van der Waals surface area contributed by atoms with E-state index in [1.165, 1.54) is 31.1 Å². The maximum atomic E-state index is 8.82. The first kappa shape index (κ1) is 30.3. The molecule has 0 aliphatic carbocycles. The molecule has 43 heavy (non-hydrogen) atoms. The third kappa shape index (κ3) is 6.15. The number of benzene rings is 6. The number of rotatable bonds is 7. The van der Waals surface area contributed by atoms with E-state index in [-0.39, 0.29) is 0 Å². The van der Waals surface area contributed by atoms with Gasteiger partial charge in [-0.15, -0.1) is 0 Å². The summed E-state index contributed by atoms with van der Waals surface area (Å²) in [6.07, 6.45) is 0. The van der Waals surface area contributed by atoms with Crippen LogP contribution in [0.2, 0.25) is 0 Å². The third-order valence-electron chi connectivity index (χ3n) is 7.80. The van der Waals surface area contributed by atoms with Crippen LogP contribution >= 0.6 is 0 Å². The second-order valence-corrected chi connectivity index (χ2v) is 22.5. The molecule has 0 radical (unpaired) electrons. The van der Waals surface area contributed by atoms with E-state index in [4.69, 9.17) is 15.9 Å². The van der Waals surface area contributed by atoms with Gasteiger partial charge < -0.3 is 0 Å². The normalized spacial score (nSPS) is 11.7. The van der Waals surface area contributed by atoms with E-state index in [1.807, 2.05) is 0 Å². The van der Waals surface area contributed by atoms with Gasteiger partial charge in [0.1, 0.15) is 0 Å². The smallest absolute Gasteiger partial charge is 0.0624 e. The molecule has 0 saturated carbocycles. The maximum absolute atomic E-state index is 8.82. The fourth-order valence-corrected chi connectivity index (χ4v) is 26.0. The first-order chi connectivity index (χ1) is 20.9. The minimum Gasteiger partial charge on any atom is -0.0624 e. The summed E-state index contributed by atoms with van der Waals surface area (Å²) < 4.78 is 31.9. The Labute approximate surface area is 256 Å². The summed E-state index contributed by atoms with van der Waals surface area (Å²) in [6, 6.07) is 68.3. The molecule has 7 heteroatoms. The molecule has 2 N–H and O–H groups in total. The van der Waals surface area contributed by atoms with E-state index < -0.39 is 28.8 Å². The van der Waals surface area contributed by atoms with Crippen molar-refractivity contribution in [2.45, 2.75) is 0 Å². The number of hydrogen-bond acceptors (Lipinski definition) is 2. The molecule has 4 nitrogen and oxygen atoms in total.